The minimum absolute atomic E-state index is 0.127. The summed E-state index contributed by atoms with van der Waals surface area (Å²) in [5.74, 6) is -1.15. The van der Waals surface area contributed by atoms with Crippen molar-refractivity contribution in [1.82, 2.24) is 5.32 Å². The largest absolute Gasteiger partial charge is 0.480 e. The summed E-state index contributed by atoms with van der Waals surface area (Å²) in [4.78, 5) is 22.9. The van der Waals surface area contributed by atoms with Crippen LogP contribution in [0.1, 0.15) is 20.3 Å². The molecule has 0 aliphatic carbocycles. The molecular formula is C13H17IN2O3. The van der Waals surface area contributed by atoms with Crippen molar-refractivity contribution >= 4 is 40.3 Å². The highest BCUT2D eigenvalue weighted by Crippen LogP contribution is 2.17. The van der Waals surface area contributed by atoms with Gasteiger partial charge in [0.1, 0.15) is 6.04 Å². The molecule has 3 N–H and O–H groups in total. The molecule has 6 heteroatoms. The molecule has 0 saturated carbocycles. The van der Waals surface area contributed by atoms with E-state index in [-0.39, 0.29) is 5.92 Å². The van der Waals surface area contributed by atoms with E-state index in [9.17, 15) is 9.59 Å². The van der Waals surface area contributed by atoms with Crippen LogP contribution in [0.25, 0.3) is 0 Å². The maximum absolute atomic E-state index is 11.8. The second-order valence-corrected chi connectivity index (χ2v) is 5.44. The summed E-state index contributed by atoms with van der Waals surface area (Å²) in [7, 11) is 0. The van der Waals surface area contributed by atoms with Gasteiger partial charge >= 0.3 is 12.0 Å². The van der Waals surface area contributed by atoms with Gasteiger partial charge in [-0.15, -0.1) is 0 Å². The van der Waals surface area contributed by atoms with E-state index in [1.165, 1.54) is 0 Å². The second-order valence-electron chi connectivity index (χ2n) is 4.28. The van der Waals surface area contributed by atoms with Gasteiger partial charge in [0.2, 0.25) is 0 Å². The number of para-hydroxylation sites is 1. The summed E-state index contributed by atoms with van der Waals surface area (Å²) in [6.45, 7) is 3.69. The number of carbonyl (C=O) groups is 2. The lowest BCUT2D eigenvalue weighted by Crippen LogP contribution is -2.46. The second kappa shape index (κ2) is 7.32. The van der Waals surface area contributed by atoms with Crippen LogP contribution in [0.3, 0.4) is 0 Å². The minimum atomic E-state index is -1.02. The molecule has 19 heavy (non-hydrogen) atoms. The Bertz CT molecular complexity index is 465. The summed E-state index contributed by atoms with van der Waals surface area (Å²) in [6, 6.07) is 5.91. The molecule has 0 radical (unpaired) electrons. The van der Waals surface area contributed by atoms with E-state index in [2.05, 4.69) is 33.2 Å². The fourth-order valence-electron chi connectivity index (χ4n) is 1.55. The Labute approximate surface area is 125 Å². The number of anilines is 1. The molecule has 2 amide bonds. The standard InChI is InChI=1S/C13H17IN2O3/c1-3-8(2)11(12(17)18)16-13(19)15-10-7-5-4-6-9(10)14/h4-8,11H,3H2,1-2H3,(H,17,18)(H2,15,16,19). The number of carboxylic acids is 1. The van der Waals surface area contributed by atoms with E-state index in [1.54, 1.807) is 19.1 Å². The SMILES string of the molecule is CCC(C)C(NC(=O)Nc1ccccc1I)C(=O)O. The Balaban J connectivity index is 2.68. The fourth-order valence-corrected chi connectivity index (χ4v) is 2.07. The van der Waals surface area contributed by atoms with E-state index >= 15 is 0 Å². The molecule has 5 nitrogen and oxygen atoms in total. The van der Waals surface area contributed by atoms with Gasteiger partial charge in [-0.25, -0.2) is 9.59 Å². The van der Waals surface area contributed by atoms with E-state index in [0.717, 1.165) is 3.57 Å². The molecule has 2 atom stereocenters. The number of urea groups is 1. The topological polar surface area (TPSA) is 78.4 Å². The van der Waals surface area contributed by atoms with Crippen LogP contribution in [-0.4, -0.2) is 23.1 Å². The third-order valence-corrected chi connectivity index (χ3v) is 3.83. The van der Waals surface area contributed by atoms with Gasteiger partial charge in [0.15, 0.2) is 0 Å². The average molecular weight is 376 g/mol. The molecular weight excluding hydrogens is 359 g/mol. The van der Waals surface area contributed by atoms with Crippen molar-refractivity contribution in [2.45, 2.75) is 26.3 Å². The van der Waals surface area contributed by atoms with Gasteiger partial charge < -0.3 is 15.7 Å². The number of amides is 2. The first-order valence-electron chi connectivity index (χ1n) is 6.00. The van der Waals surface area contributed by atoms with Crippen LogP contribution in [-0.2, 0) is 4.79 Å². The highest BCUT2D eigenvalue weighted by Gasteiger charge is 2.25. The molecule has 1 aromatic carbocycles. The lowest BCUT2D eigenvalue weighted by molar-refractivity contribution is -0.140. The zero-order valence-electron chi connectivity index (χ0n) is 10.8. The van der Waals surface area contributed by atoms with Crippen LogP contribution in [0.2, 0.25) is 0 Å². The summed E-state index contributed by atoms with van der Waals surface area (Å²) >= 11 is 2.10. The quantitative estimate of drug-likeness (QED) is 0.692. The molecule has 1 rings (SSSR count). The van der Waals surface area contributed by atoms with Crippen LogP contribution in [0.4, 0.5) is 10.5 Å². The van der Waals surface area contributed by atoms with Crippen LogP contribution in [0.15, 0.2) is 24.3 Å². The molecule has 0 aromatic heterocycles. The summed E-state index contributed by atoms with van der Waals surface area (Å²) in [5, 5.41) is 14.2. The lowest BCUT2D eigenvalue weighted by atomic mass is 9.99. The lowest BCUT2D eigenvalue weighted by Gasteiger charge is -2.20. The molecule has 1 aromatic rings. The molecule has 0 aliphatic heterocycles. The number of nitrogens with one attached hydrogen (secondary N) is 2. The van der Waals surface area contributed by atoms with Crippen molar-refractivity contribution in [3.05, 3.63) is 27.8 Å². The van der Waals surface area contributed by atoms with Crippen LogP contribution < -0.4 is 10.6 Å². The number of hydrogen-bond acceptors (Lipinski definition) is 2. The summed E-state index contributed by atoms with van der Waals surface area (Å²) in [5.41, 5.74) is 0.661. The van der Waals surface area contributed by atoms with Crippen molar-refractivity contribution in [3.63, 3.8) is 0 Å². The van der Waals surface area contributed by atoms with Crippen LogP contribution in [0, 0.1) is 9.49 Å². The Morgan fingerprint density at radius 2 is 2.00 bits per heavy atom. The molecule has 0 spiro atoms. The predicted octanol–water partition coefficient (Wildman–Crippen LogP) is 2.91. The van der Waals surface area contributed by atoms with Crippen molar-refractivity contribution in [1.29, 1.82) is 0 Å². The van der Waals surface area contributed by atoms with Crippen molar-refractivity contribution in [2.75, 3.05) is 5.32 Å². The van der Waals surface area contributed by atoms with Gasteiger partial charge in [0.05, 0.1) is 5.69 Å². The maximum Gasteiger partial charge on any atom is 0.326 e. The molecule has 104 valence electrons. The first-order valence-corrected chi connectivity index (χ1v) is 7.08. The smallest absolute Gasteiger partial charge is 0.326 e. The van der Waals surface area contributed by atoms with Gasteiger partial charge in [-0.05, 0) is 40.6 Å². The van der Waals surface area contributed by atoms with Gasteiger partial charge in [-0.3, -0.25) is 0 Å². The van der Waals surface area contributed by atoms with E-state index in [4.69, 9.17) is 5.11 Å². The van der Waals surface area contributed by atoms with E-state index in [1.807, 2.05) is 19.1 Å². The summed E-state index contributed by atoms with van der Waals surface area (Å²) < 4.78 is 0.894. The third kappa shape index (κ3) is 4.70. The predicted molar refractivity (Wildman–Crippen MR) is 82.2 cm³/mol. The van der Waals surface area contributed by atoms with Gasteiger partial charge in [0.25, 0.3) is 0 Å². The highest BCUT2D eigenvalue weighted by molar-refractivity contribution is 14.1. The van der Waals surface area contributed by atoms with Gasteiger partial charge in [0, 0.05) is 3.57 Å². The monoisotopic (exact) mass is 376 g/mol. The number of rotatable bonds is 5. The molecule has 0 saturated heterocycles. The number of carbonyl (C=O) groups excluding carboxylic acids is 1. The minimum Gasteiger partial charge on any atom is -0.480 e. The van der Waals surface area contributed by atoms with Crippen LogP contribution >= 0.6 is 22.6 Å². The molecule has 0 aliphatic rings. The maximum atomic E-state index is 11.8. The molecule has 0 bridgehead atoms. The van der Waals surface area contributed by atoms with Crippen molar-refractivity contribution in [3.8, 4) is 0 Å². The van der Waals surface area contributed by atoms with E-state index in [0.29, 0.717) is 12.1 Å². The number of carboxylic acid groups (broad SMARTS) is 1. The number of aliphatic carboxylic acids is 1. The molecule has 0 heterocycles. The Kier molecular flexibility index (Phi) is 6.07. The average Bonchev–Trinajstić information content (AvgIpc) is 2.37. The molecule has 2 unspecified atom stereocenters. The number of hydrogen-bond donors (Lipinski definition) is 3. The number of halogens is 1. The Morgan fingerprint density at radius 1 is 1.37 bits per heavy atom. The Hall–Kier alpha value is -1.31. The Morgan fingerprint density at radius 3 is 2.53 bits per heavy atom. The molecule has 0 fully saturated rings. The van der Waals surface area contributed by atoms with Gasteiger partial charge in [-0.1, -0.05) is 32.4 Å². The first-order chi connectivity index (χ1) is 8.95. The highest BCUT2D eigenvalue weighted by atomic mass is 127. The first kappa shape index (κ1) is 15.7. The third-order valence-electron chi connectivity index (χ3n) is 2.89. The summed E-state index contributed by atoms with van der Waals surface area (Å²) in [6.07, 6.45) is 0.681. The zero-order chi connectivity index (χ0) is 14.4. The van der Waals surface area contributed by atoms with Crippen molar-refractivity contribution < 1.29 is 14.7 Å². The fraction of sp³-hybridized carbons (Fsp3) is 0.385. The zero-order valence-corrected chi connectivity index (χ0v) is 13.0. The van der Waals surface area contributed by atoms with E-state index < -0.39 is 18.0 Å². The van der Waals surface area contributed by atoms with Crippen LogP contribution in [0.5, 0.6) is 0 Å². The van der Waals surface area contributed by atoms with Crippen molar-refractivity contribution in [2.24, 2.45) is 5.92 Å². The van der Waals surface area contributed by atoms with Gasteiger partial charge in [-0.2, -0.15) is 0 Å². The number of benzene rings is 1. The normalized spacial score (nSPS) is 13.4.